The predicted molar refractivity (Wildman–Crippen MR) is 99.1 cm³/mol. The van der Waals surface area contributed by atoms with Crippen LogP contribution in [0.25, 0.3) is 0 Å². The number of nitrogens with one attached hydrogen (secondary N) is 1. The van der Waals surface area contributed by atoms with Gasteiger partial charge in [0.1, 0.15) is 5.82 Å². The zero-order valence-electron chi connectivity index (χ0n) is 14.4. The Morgan fingerprint density at radius 3 is 2.48 bits per heavy atom. The maximum absolute atomic E-state index is 6.28. The molecular formula is C18H25ClN4. The summed E-state index contributed by atoms with van der Waals surface area (Å²) < 4.78 is 0. The van der Waals surface area contributed by atoms with E-state index in [9.17, 15) is 0 Å². The van der Waals surface area contributed by atoms with Gasteiger partial charge in [-0.05, 0) is 44.9 Å². The van der Waals surface area contributed by atoms with Gasteiger partial charge in [0, 0.05) is 24.8 Å². The Bertz CT molecular complexity index is 653. The van der Waals surface area contributed by atoms with E-state index in [-0.39, 0.29) is 0 Å². The highest BCUT2D eigenvalue weighted by Crippen LogP contribution is 2.26. The topological polar surface area (TPSA) is 41.1 Å². The number of hydrogen-bond donors (Lipinski definition) is 1. The van der Waals surface area contributed by atoms with Crippen molar-refractivity contribution in [3.63, 3.8) is 0 Å². The van der Waals surface area contributed by atoms with Gasteiger partial charge in [-0.3, -0.25) is 0 Å². The summed E-state index contributed by atoms with van der Waals surface area (Å²) in [5, 5.41) is 3.95. The summed E-state index contributed by atoms with van der Waals surface area (Å²) in [5.41, 5.74) is 3.03. The molecule has 0 aliphatic carbocycles. The molecule has 2 aromatic rings. The maximum atomic E-state index is 6.28. The molecule has 0 spiro atoms. The minimum absolute atomic E-state index is 0.602. The first kappa shape index (κ1) is 17.5. The summed E-state index contributed by atoms with van der Waals surface area (Å²) in [7, 11) is 0. The van der Waals surface area contributed by atoms with Crippen molar-refractivity contribution in [2.45, 2.75) is 40.5 Å². The smallest absolute Gasteiger partial charge is 0.229 e. The molecule has 0 amide bonds. The van der Waals surface area contributed by atoms with E-state index in [4.69, 9.17) is 11.6 Å². The largest absolute Gasteiger partial charge is 0.357 e. The summed E-state index contributed by atoms with van der Waals surface area (Å²) in [4.78, 5) is 11.5. The van der Waals surface area contributed by atoms with Crippen LogP contribution in [0.4, 0.5) is 17.5 Å². The third-order valence-electron chi connectivity index (χ3n) is 3.73. The number of aryl methyl sites for hydroxylation is 2. The van der Waals surface area contributed by atoms with Crippen LogP contribution < -0.4 is 10.2 Å². The van der Waals surface area contributed by atoms with Crippen LogP contribution in [0.15, 0.2) is 24.3 Å². The number of hydrogen-bond acceptors (Lipinski definition) is 4. The summed E-state index contributed by atoms with van der Waals surface area (Å²) in [5.74, 6) is 1.56. The molecule has 2 rings (SSSR count). The lowest BCUT2D eigenvalue weighted by Crippen LogP contribution is -2.23. The second-order valence-corrected chi connectivity index (χ2v) is 5.98. The first-order valence-corrected chi connectivity index (χ1v) is 8.61. The molecule has 0 atom stereocenters. The van der Waals surface area contributed by atoms with E-state index in [0.717, 1.165) is 48.7 Å². The van der Waals surface area contributed by atoms with E-state index in [2.05, 4.69) is 47.0 Å². The van der Waals surface area contributed by atoms with E-state index in [1.54, 1.807) is 0 Å². The molecule has 0 unspecified atom stereocenters. The lowest BCUT2D eigenvalue weighted by Gasteiger charge is -2.21. The predicted octanol–water partition coefficient (Wildman–Crippen LogP) is 4.98. The third kappa shape index (κ3) is 4.58. The van der Waals surface area contributed by atoms with E-state index >= 15 is 0 Å². The minimum atomic E-state index is 0.602. The SMILES string of the molecule is CCCc1cc(N(CC)CC)nc(Nc2cc(C)ccc2Cl)n1. The van der Waals surface area contributed by atoms with Crippen LogP contribution in [0.5, 0.6) is 0 Å². The van der Waals surface area contributed by atoms with Crippen LogP contribution in [0, 0.1) is 6.92 Å². The minimum Gasteiger partial charge on any atom is -0.357 e. The van der Waals surface area contributed by atoms with Gasteiger partial charge >= 0.3 is 0 Å². The first-order valence-electron chi connectivity index (χ1n) is 8.23. The summed E-state index contributed by atoms with van der Waals surface area (Å²) in [6.45, 7) is 10.3. The molecule has 5 heteroatoms. The number of nitrogens with zero attached hydrogens (tertiary/aromatic N) is 3. The fourth-order valence-corrected chi connectivity index (χ4v) is 2.65. The molecule has 1 N–H and O–H groups in total. The molecule has 4 nitrogen and oxygen atoms in total. The molecular weight excluding hydrogens is 308 g/mol. The highest BCUT2D eigenvalue weighted by molar-refractivity contribution is 6.33. The van der Waals surface area contributed by atoms with Crippen molar-refractivity contribution in [1.29, 1.82) is 0 Å². The van der Waals surface area contributed by atoms with E-state index in [1.165, 1.54) is 0 Å². The number of aromatic nitrogens is 2. The van der Waals surface area contributed by atoms with Gasteiger partial charge in [-0.15, -0.1) is 0 Å². The monoisotopic (exact) mass is 332 g/mol. The number of rotatable bonds is 7. The van der Waals surface area contributed by atoms with Gasteiger partial charge in [0.2, 0.25) is 5.95 Å². The third-order valence-corrected chi connectivity index (χ3v) is 4.06. The Balaban J connectivity index is 2.38. The summed E-state index contributed by atoms with van der Waals surface area (Å²) in [6.07, 6.45) is 1.99. The van der Waals surface area contributed by atoms with Gasteiger partial charge in [-0.25, -0.2) is 4.98 Å². The van der Waals surface area contributed by atoms with Gasteiger partial charge in [0.15, 0.2) is 0 Å². The van der Waals surface area contributed by atoms with Crippen LogP contribution in [-0.4, -0.2) is 23.1 Å². The quantitative estimate of drug-likeness (QED) is 0.776. The zero-order chi connectivity index (χ0) is 16.8. The van der Waals surface area contributed by atoms with Crippen molar-refractivity contribution < 1.29 is 0 Å². The second-order valence-electron chi connectivity index (χ2n) is 5.57. The summed E-state index contributed by atoms with van der Waals surface area (Å²) >= 11 is 6.28. The van der Waals surface area contributed by atoms with Crippen LogP contribution in [-0.2, 0) is 6.42 Å². The molecule has 23 heavy (non-hydrogen) atoms. The van der Waals surface area contributed by atoms with Gasteiger partial charge in [0.05, 0.1) is 10.7 Å². The van der Waals surface area contributed by atoms with Crippen molar-refractivity contribution in [2.24, 2.45) is 0 Å². The fourth-order valence-electron chi connectivity index (χ4n) is 2.49. The maximum Gasteiger partial charge on any atom is 0.229 e. The molecule has 1 heterocycles. The standard InChI is InChI=1S/C18H25ClN4/c1-5-8-14-12-17(23(6-2)7-3)22-18(20-14)21-16-11-13(4)9-10-15(16)19/h9-12H,5-8H2,1-4H3,(H,20,21,22). The molecule has 0 aliphatic rings. The van der Waals surface area contributed by atoms with Crippen LogP contribution in [0.3, 0.4) is 0 Å². The van der Waals surface area contributed by atoms with E-state index in [1.807, 2.05) is 25.1 Å². The number of benzene rings is 1. The molecule has 0 radical (unpaired) electrons. The van der Waals surface area contributed by atoms with Crippen molar-refractivity contribution >= 4 is 29.1 Å². The lowest BCUT2D eigenvalue weighted by atomic mass is 10.2. The van der Waals surface area contributed by atoms with Crippen molar-refractivity contribution in [1.82, 2.24) is 9.97 Å². The number of anilines is 3. The van der Waals surface area contributed by atoms with Crippen LogP contribution >= 0.6 is 11.6 Å². The highest BCUT2D eigenvalue weighted by atomic mass is 35.5. The molecule has 0 bridgehead atoms. The summed E-state index contributed by atoms with van der Waals surface area (Å²) in [6, 6.07) is 7.97. The second kappa shape index (κ2) is 8.16. The Hall–Kier alpha value is -1.81. The normalized spacial score (nSPS) is 10.7. The Labute approximate surface area is 143 Å². The molecule has 0 aliphatic heterocycles. The molecule has 124 valence electrons. The van der Waals surface area contributed by atoms with E-state index in [0.29, 0.717) is 11.0 Å². The van der Waals surface area contributed by atoms with Gasteiger partial charge in [0.25, 0.3) is 0 Å². The van der Waals surface area contributed by atoms with Crippen molar-refractivity contribution in [2.75, 3.05) is 23.3 Å². The first-order chi connectivity index (χ1) is 11.1. The van der Waals surface area contributed by atoms with Gasteiger partial charge in [-0.1, -0.05) is 31.0 Å². The molecule has 0 saturated heterocycles. The fraction of sp³-hybridized carbons (Fsp3) is 0.444. The lowest BCUT2D eigenvalue weighted by molar-refractivity contribution is 0.824. The Morgan fingerprint density at radius 2 is 1.83 bits per heavy atom. The van der Waals surface area contributed by atoms with Crippen molar-refractivity contribution in [3.8, 4) is 0 Å². The van der Waals surface area contributed by atoms with Crippen molar-refractivity contribution in [3.05, 3.63) is 40.5 Å². The Kier molecular flexibility index (Phi) is 6.22. The Morgan fingerprint density at radius 1 is 1.09 bits per heavy atom. The molecule has 1 aromatic carbocycles. The molecule has 0 fully saturated rings. The van der Waals surface area contributed by atoms with Gasteiger partial charge < -0.3 is 10.2 Å². The highest BCUT2D eigenvalue weighted by Gasteiger charge is 2.10. The molecule has 1 aromatic heterocycles. The average molecular weight is 333 g/mol. The zero-order valence-corrected chi connectivity index (χ0v) is 15.1. The van der Waals surface area contributed by atoms with E-state index < -0.39 is 0 Å². The van der Waals surface area contributed by atoms with Crippen LogP contribution in [0.2, 0.25) is 5.02 Å². The van der Waals surface area contributed by atoms with Gasteiger partial charge in [-0.2, -0.15) is 4.98 Å². The van der Waals surface area contributed by atoms with Crippen LogP contribution in [0.1, 0.15) is 38.4 Å². The average Bonchev–Trinajstić information content (AvgIpc) is 2.52. The number of halogens is 1. The molecule has 0 saturated carbocycles.